The van der Waals surface area contributed by atoms with E-state index < -0.39 is 0 Å². The summed E-state index contributed by atoms with van der Waals surface area (Å²) in [6, 6.07) is 7.94. The lowest BCUT2D eigenvalue weighted by Crippen LogP contribution is -2.35. The number of aryl methyl sites for hydroxylation is 2. The summed E-state index contributed by atoms with van der Waals surface area (Å²) in [5, 5.41) is 10.4. The molecular weight excluding hydrogens is 354 g/mol. The molecule has 2 aromatic rings. The van der Waals surface area contributed by atoms with Gasteiger partial charge in [-0.1, -0.05) is 19.1 Å². The molecule has 0 saturated carbocycles. The van der Waals surface area contributed by atoms with Gasteiger partial charge < -0.3 is 10.6 Å². The Balaban J connectivity index is 1.59. The van der Waals surface area contributed by atoms with Gasteiger partial charge in [0.1, 0.15) is 5.82 Å². The van der Waals surface area contributed by atoms with Crippen molar-refractivity contribution in [1.29, 1.82) is 0 Å². The molecule has 0 aliphatic carbocycles. The quantitative estimate of drug-likeness (QED) is 0.802. The van der Waals surface area contributed by atoms with Crippen molar-refractivity contribution in [2.45, 2.75) is 46.2 Å². The predicted octanol–water partition coefficient (Wildman–Crippen LogP) is 2.25. The minimum absolute atomic E-state index is 0.0249. The van der Waals surface area contributed by atoms with E-state index in [0.29, 0.717) is 5.56 Å². The molecule has 1 saturated heterocycles. The maximum atomic E-state index is 12.6. The first-order chi connectivity index (χ1) is 13.4. The summed E-state index contributed by atoms with van der Waals surface area (Å²) in [5.41, 5.74) is 3.79. The monoisotopic (exact) mass is 383 g/mol. The van der Waals surface area contributed by atoms with E-state index in [2.05, 4.69) is 27.6 Å². The van der Waals surface area contributed by atoms with Crippen LogP contribution < -0.4 is 10.6 Å². The van der Waals surface area contributed by atoms with E-state index in [1.54, 1.807) is 11.6 Å². The molecule has 2 heterocycles. The minimum Gasteiger partial charge on any atom is -0.352 e. The van der Waals surface area contributed by atoms with E-state index in [-0.39, 0.29) is 17.9 Å². The Morgan fingerprint density at radius 1 is 1.25 bits per heavy atom. The molecule has 2 N–H and O–H groups in total. The molecule has 7 nitrogen and oxygen atoms in total. The smallest absolute Gasteiger partial charge is 0.256 e. The maximum absolute atomic E-state index is 12.6. The Morgan fingerprint density at radius 2 is 1.96 bits per heavy atom. The zero-order valence-corrected chi connectivity index (χ0v) is 17.1. The van der Waals surface area contributed by atoms with Gasteiger partial charge in [0, 0.05) is 50.8 Å². The van der Waals surface area contributed by atoms with Crippen molar-refractivity contribution in [3.63, 3.8) is 0 Å². The Bertz CT molecular complexity index is 856. The first-order valence-corrected chi connectivity index (χ1v) is 9.79. The number of hydrogen-bond donors (Lipinski definition) is 2. The van der Waals surface area contributed by atoms with Crippen molar-refractivity contribution in [2.75, 3.05) is 18.4 Å². The first-order valence-electron chi connectivity index (χ1n) is 9.79. The van der Waals surface area contributed by atoms with E-state index in [1.807, 2.05) is 38.2 Å². The van der Waals surface area contributed by atoms with Crippen LogP contribution in [0.3, 0.4) is 0 Å². The molecule has 3 rings (SSSR count). The van der Waals surface area contributed by atoms with E-state index >= 15 is 0 Å². The van der Waals surface area contributed by atoms with Gasteiger partial charge in [0.15, 0.2) is 0 Å². The van der Waals surface area contributed by atoms with Crippen molar-refractivity contribution in [3.05, 3.63) is 46.6 Å². The topological polar surface area (TPSA) is 79.3 Å². The van der Waals surface area contributed by atoms with Crippen LogP contribution >= 0.6 is 0 Å². The number of benzene rings is 1. The predicted molar refractivity (Wildman–Crippen MR) is 109 cm³/mol. The number of carbonyl (C=O) groups excluding carboxylic acids is 2. The summed E-state index contributed by atoms with van der Waals surface area (Å²) in [6.07, 6.45) is 1.81. The third-order valence-corrected chi connectivity index (χ3v) is 5.25. The highest BCUT2D eigenvalue weighted by Gasteiger charge is 2.23. The number of likely N-dealkylation sites (tertiary alicyclic amines) is 1. The summed E-state index contributed by atoms with van der Waals surface area (Å²) in [6.45, 7) is 8.24. The maximum Gasteiger partial charge on any atom is 0.256 e. The second kappa shape index (κ2) is 8.56. The third kappa shape index (κ3) is 4.59. The number of nitrogens with zero attached hydrogens (tertiary/aromatic N) is 3. The molecule has 0 spiro atoms. The van der Waals surface area contributed by atoms with Crippen LogP contribution in [-0.2, 0) is 24.8 Å². The number of aromatic nitrogens is 2. The second-order valence-corrected chi connectivity index (χ2v) is 7.47. The van der Waals surface area contributed by atoms with Crippen molar-refractivity contribution in [3.8, 4) is 0 Å². The Hall–Kier alpha value is -2.67. The van der Waals surface area contributed by atoms with Crippen LogP contribution in [0.5, 0.6) is 0 Å². The van der Waals surface area contributed by atoms with Gasteiger partial charge in [-0.15, -0.1) is 0 Å². The van der Waals surface area contributed by atoms with Gasteiger partial charge >= 0.3 is 0 Å². The lowest BCUT2D eigenvalue weighted by Gasteiger charge is -2.16. The number of amides is 2. The van der Waals surface area contributed by atoms with Gasteiger partial charge in [0.2, 0.25) is 5.91 Å². The zero-order chi connectivity index (χ0) is 20.3. The summed E-state index contributed by atoms with van der Waals surface area (Å²) >= 11 is 0. The average molecular weight is 383 g/mol. The van der Waals surface area contributed by atoms with Crippen LogP contribution in [0.4, 0.5) is 5.82 Å². The molecule has 7 heteroatoms. The van der Waals surface area contributed by atoms with Crippen molar-refractivity contribution < 1.29 is 9.59 Å². The van der Waals surface area contributed by atoms with Crippen LogP contribution in [0.15, 0.2) is 24.3 Å². The highest BCUT2D eigenvalue weighted by atomic mass is 16.2. The number of carbonyl (C=O) groups is 2. The minimum atomic E-state index is -0.132. The van der Waals surface area contributed by atoms with Crippen LogP contribution in [0.2, 0.25) is 0 Å². The summed E-state index contributed by atoms with van der Waals surface area (Å²) in [5.74, 6) is 0.635. The van der Waals surface area contributed by atoms with Crippen molar-refractivity contribution in [1.82, 2.24) is 20.0 Å². The molecule has 1 aliphatic heterocycles. The van der Waals surface area contributed by atoms with E-state index in [9.17, 15) is 9.59 Å². The fourth-order valence-corrected chi connectivity index (χ4v) is 3.78. The van der Waals surface area contributed by atoms with E-state index in [0.717, 1.165) is 55.1 Å². The number of rotatable bonds is 6. The van der Waals surface area contributed by atoms with Crippen molar-refractivity contribution in [2.24, 2.45) is 7.05 Å². The molecule has 1 aromatic carbocycles. The molecule has 0 radical (unpaired) electrons. The Labute approximate surface area is 166 Å². The summed E-state index contributed by atoms with van der Waals surface area (Å²) in [7, 11) is 1.84. The second-order valence-electron chi connectivity index (χ2n) is 7.47. The van der Waals surface area contributed by atoms with Gasteiger partial charge in [-0.05, 0) is 37.5 Å². The van der Waals surface area contributed by atoms with Crippen LogP contribution in [0.25, 0.3) is 0 Å². The molecule has 1 aromatic heterocycles. The molecule has 0 bridgehead atoms. The van der Waals surface area contributed by atoms with Crippen LogP contribution in [0, 0.1) is 6.92 Å². The fourth-order valence-electron chi connectivity index (χ4n) is 3.78. The lowest BCUT2D eigenvalue weighted by atomic mass is 10.1. The molecule has 1 aliphatic rings. The van der Waals surface area contributed by atoms with Gasteiger partial charge in [0.25, 0.3) is 5.91 Å². The number of nitrogens with one attached hydrogen (secondary N) is 2. The van der Waals surface area contributed by atoms with Crippen LogP contribution in [0.1, 0.15) is 47.4 Å². The normalized spacial score (nSPS) is 16.9. The van der Waals surface area contributed by atoms with Gasteiger partial charge in [-0.2, -0.15) is 5.10 Å². The molecule has 150 valence electrons. The molecule has 28 heavy (non-hydrogen) atoms. The average Bonchev–Trinajstić information content (AvgIpc) is 3.20. The van der Waals surface area contributed by atoms with E-state index in [4.69, 9.17) is 0 Å². The number of anilines is 1. The highest BCUT2D eigenvalue weighted by molar-refractivity contribution is 6.04. The molecule has 0 unspecified atom stereocenters. The number of hydrogen-bond acceptors (Lipinski definition) is 4. The first kappa shape index (κ1) is 20.1. The standard InChI is InChI=1S/C21H29N5O2/c1-5-19-14(2)20(25(4)24-19)23-21(28)17-8-6-16(7-9-17)12-26-11-10-18(13-26)22-15(3)27/h6-9,18H,5,10-13H2,1-4H3,(H,22,27)(H,23,28)/t18-/m0/s1. The molecular formula is C21H29N5O2. The van der Waals surface area contributed by atoms with Gasteiger partial charge in [-0.3, -0.25) is 19.2 Å². The van der Waals surface area contributed by atoms with Crippen molar-refractivity contribution >= 4 is 17.6 Å². The largest absolute Gasteiger partial charge is 0.352 e. The fraction of sp³-hybridized carbons (Fsp3) is 0.476. The molecule has 1 fully saturated rings. The van der Waals surface area contributed by atoms with E-state index in [1.165, 1.54) is 0 Å². The molecule has 2 amide bonds. The van der Waals surface area contributed by atoms with Gasteiger partial charge in [0.05, 0.1) is 5.69 Å². The SMILES string of the molecule is CCc1nn(C)c(NC(=O)c2ccc(CN3CC[C@H](NC(C)=O)C3)cc2)c1C. The highest BCUT2D eigenvalue weighted by Crippen LogP contribution is 2.20. The summed E-state index contributed by atoms with van der Waals surface area (Å²) < 4.78 is 1.72. The lowest BCUT2D eigenvalue weighted by molar-refractivity contribution is -0.119. The summed E-state index contributed by atoms with van der Waals surface area (Å²) in [4.78, 5) is 26.1. The third-order valence-electron chi connectivity index (χ3n) is 5.25. The Kier molecular flexibility index (Phi) is 6.14. The Morgan fingerprint density at radius 3 is 2.57 bits per heavy atom. The zero-order valence-electron chi connectivity index (χ0n) is 17.1. The van der Waals surface area contributed by atoms with Crippen LogP contribution in [-0.4, -0.2) is 45.6 Å². The van der Waals surface area contributed by atoms with Gasteiger partial charge in [-0.25, -0.2) is 0 Å². The molecule has 1 atom stereocenters.